The highest BCUT2D eigenvalue weighted by Crippen LogP contribution is 2.23. The monoisotopic (exact) mass is 749 g/mol. The number of carbonyl (C=O) groups excluding carboxylic acids is 2. The van der Waals surface area contributed by atoms with Gasteiger partial charge in [-0.15, -0.1) is 0 Å². The van der Waals surface area contributed by atoms with Crippen LogP contribution in [-0.2, 0) is 9.59 Å². The van der Waals surface area contributed by atoms with Crippen LogP contribution >= 0.6 is 0 Å². The Morgan fingerprint density at radius 1 is 0.382 bits per heavy atom. The summed E-state index contributed by atoms with van der Waals surface area (Å²) in [6.07, 6.45) is 41.5. The molecular formula is C53H80O2. The van der Waals surface area contributed by atoms with Crippen LogP contribution in [0.15, 0.2) is 128 Å². The van der Waals surface area contributed by atoms with Crippen molar-refractivity contribution in [3.63, 3.8) is 0 Å². The topological polar surface area (TPSA) is 34.1 Å². The minimum Gasteiger partial charge on any atom is -0.290 e. The van der Waals surface area contributed by atoms with E-state index < -0.39 is 0 Å². The fourth-order valence-corrected chi connectivity index (χ4v) is 6.59. The summed E-state index contributed by atoms with van der Waals surface area (Å²) in [5, 5.41) is 0. The van der Waals surface area contributed by atoms with E-state index in [1.165, 1.54) is 75.5 Å². The van der Waals surface area contributed by atoms with Crippen molar-refractivity contribution in [3.8, 4) is 0 Å². The maximum atomic E-state index is 12.5. The molecule has 0 atom stereocenters. The van der Waals surface area contributed by atoms with E-state index in [4.69, 9.17) is 0 Å². The van der Waals surface area contributed by atoms with Crippen molar-refractivity contribution in [2.24, 2.45) is 0 Å². The summed E-state index contributed by atoms with van der Waals surface area (Å²) >= 11 is 0. The van der Waals surface area contributed by atoms with Gasteiger partial charge in [0.25, 0.3) is 0 Å². The van der Waals surface area contributed by atoms with E-state index in [-0.39, 0.29) is 11.6 Å². The molecule has 0 aromatic heterocycles. The molecule has 0 heterocycles. The van der Waals surface area contributed by atoms with Crippen LogP contribution in [0.4, 0.5) is 0 Å². The lowest BCUT2D eigenvalue weighted by Gasteiger charge is -2.13. The smallest absolute Gasteiger partial charge is 0.185 e. The molecule has 0 radical (unpaired) electrons. The van der Waals surface area contributed by atoms with Crippen LogP contribution in [0.1, 0.15) is 192 Å². The van der Waals surface area contributed by atoms with Crippen molar-refractivity contribution < 1.29 is 9.59 Å². The molecule has 0 spiro atoms. The molecule has 0 saturated carbocycles. The molecule has 0 aromatic carbocycles. The summed E-state index contributed by atoms with van der Waals surface area (Å²) < 4.78 is 0. The lowest BCUT2D eigenvalue weighted by atomic mass is 9.89. The van der Waals surface area contributed by atoms with Crippen LogP contribution < -0.4 is 0 Å². The molecule has 2 nitrogen and oxygen atoms in total. The van der Waals surface area contributed by atoms with Crippen LogP contribution in [0, 0.1) is 0 Å². The number of rotatable bonds is 26. The third-order valence-corrected chi connectivity index (χ3v) is 10.9. The third-order valence-electron chi connectivity index (χ3n) is 10.9. The lowest BCUT2D eigenvalue weighted by Crippen LogP contribution is -2.16. The van der Waals surface area contributed by atoms with Crippen LogP contribution in [0.2, 0.25) is 0 Å². The van der Waals surface area contributed by atoms with E-state index in [0.717, 1.165) is 83.5 Å². The van der Waals surface area contributed by atoms with Gasteiger partial charge in [0.2, 0.25) is 0 Å². The standard InChI is InChI=1S/C53H80O2/c1-40(2)21-13-22-41(3)23-14-24-42(4)25-15-26-43(5)27-16-28-44(6)29-17-30-45(7)31-18-32-46(8)33-19-34-47(9)35-20-36-48(10)37-38-51-39-52(54)49(11)50(12)53(51)55/h21,23,25,27,29,31,33,35,37,39H,13-20,22,24,26,28,30,32,34,36,38H2,1-12H3/b41-23-,42-25-,43-27?,44-29-,45-31?,46-33?,47-35-,48-37+. The summed E-state index contributed by atoms with van der Waals surface area (Å²) in [5.41, 5.74) is 14.9. The molecule has 0 amide bonds. The summed E-state index contributed by atoms with van der Waals surface area (Å²) in [6, 6.07) is 0. The Hall–Kier alpha value is -3.52. The maximum Gasteiger partial charge on any atom is 0.185 e. The van der Waals surface area contributed by atoms with Gasteiger partial charge in [0.1, 0.15) is 0 Å². The van der Waals surface area contributed by atoms with Gasteiger partial charge in [-0.1, -0.05) is 105 Å². The van der Waals surface area contributed by atoms with Gasteiger partial charge in [0, 0.05) is 16.7 Å². The highest BCUT2D eigenvalue weighted by Gasteiger charge is 2.22. The average Bonchev–Trinajstić information content (AvgIpc) is 3.11. The predicted molar refractivity (Wildman–Crippen MR) is 244 cm³/mol. The predicted octanol–water partition coefficient (Wildman–Crippen LogP) is 16.6. The lowest BCUT2D eigenvalue weighted by molar-refractivity contribution is -0.115. The highest BCUT2D eigenvalue weighted by atomic mass is 16.1. The Morgan fingerprint density at radius 2 is 0.636 bits per heavy atom. The molecule has 0 saturated heterocycles. The van der Waals surface area contributed by atoms with E-state index in [1.54, 1.807) is 13.8 Å². The van der Waals surface area contributed by atoms with Crippen molar-refractivity contribution in [2.75, 3.05) is 0 Å². The SMILES string of the molecule is CC(C)=CCC/C(C)=C\CC/C(C)=C\CCC(C)=CCC/C(C)=C\CCC(C)=CCCC(C)=CCC/C(C)=C\CC/C(C)=C/CC1=CC(=O)C(C)=C(C)C1=O. The van der Waals surface area contributed by atoms with E-state index in [1.807, 2.05) is 0 Å². The molecule has 0 aromatic rings. The second-order valence-corrected chi connectivity index (χ2v) is 16.8. The fourth-order valence-electron chi connectivity index (χ4n) is 6.59. The number of hydrogen-bond donors (Lipinski definition) is 0. The van der Waals surface area contributed by atoms with E-state index in [0.29, 0.717) is 23.1 Å². The number of ketones is 2. The normalized spacial score (nSPS) is 16.0. The average molecular weight is 749 g/mol. The van der Waals surface area contributed by atoms with Gasteiger partial charge in [-0.3, -0.25) is 9.59 Å². The first-order valence-electron chi connectivity index (χ1n) is 21.4. The Balaban J connectivity index is 2.27. The maximum absolute atomic E-state index is 12.5. The van der Waals surface area contributed by atoms with E-state index in [9.17, 15) is 9.59 Å². The van der Waals surface area contributed by atoms with E-state index >= 15 is 0 Å². The molecule has 0 bridgehead atoms. The molecule has 1 aliphatic rings. The van der Waals surface area contributed by atoms with Crippen LogP contribution in [0.25, 0.3) is 0 Å². The summed E-state index contributed by atoms with van der Waals surface area (Å²) in [7, 11) is 0. The van der Waals surface area contributed by atoms with Gasteiger partial charge in [-0.05, 0) is 198 Å². The molecule has 2 heteroatoms. The molecule has 0 N–H and O–H groups in total. The highest BCUT2D eigenvalue weighted by molar-refractivity contribution is 6.22. The van der Waals surface area contributed by atoms with Gasteiger partial charge in [0.15, 0.2) is 11.6 Å². The summed E-state index contributed by atoms with van der Waals surface area (Å²) in [4.78, 5) is 24.6. The molecule has 1 rings (SSSR count). The van der Waals surface area contributed by atoms with Crippen LogP contribution in [0.5, 0.6) is 0 Å². The summed E-state index contributed by atoms with van der Waals surface area (Å²) in [5.74, 6) is -0.0259. The fraction of sp³-hybridized carbons (Fsp3) is 0.547. The van der Waals surface area contributed by atoms with Gasteiger partial charge in [0.05, 0.1) is 0 Å². The third kappa shape index (κ3) is 24.6. The van der Waals surface area contributed by atoms with Crippen molar-refractivity contribution in [2.45, 2.75) is 192 Å². The number of allylic oxidation sites excluding steroid dienone is 22. The molecule has 0 unspecified atom stereocenters. The Morgan fingerprint density at radius 3 is 0.909 bits per heavy atom. The number of hydrogen-bond acceptors (Lipinski definition) is 2. The van der Waals surface area contributed by atoms with Crippen molar-refractivity contribution >= 4 is 11.6 Å². The Kier molecular flexibility index (Phi) is 25.9. The first-order chi connectivity index (χ1) is 26.1. The molecule has 1 aliphatic carbocycles. The number of Topliss-reactive ketones (excluding diaryl/α,β-unsaturated/α-hetero) is 1. The zero-order valence-corrected chi connectivity index (χ0v) is 37.6. The number of carbonyl (C=O) groups is 2. The zero-order chi connectivity index (χ0) is 41.2. The second-order valence-electron chi connectivity index (χ2n) is 16.8. The zero-order valence-electron chi connectivity index (χ0n) is 37.6. The van der Waals surface area contributed by atoms with E-state index in [2.05, 4.69) is 124 Å². The minimum atomic E-state index is -0.0352. The first kappa shape index (κ1) is 49.5. The quantitative estimate of drug-likeness (QED) is 0.0652. The molecular weight excluding hydrogens is 669 g/mol. The Bertz CT molecular complexity index is 1590. The second kappa shape index (κ2) is 28.8. The molecule has 304 valence electrons. The molecule has 0 aliphatic heterocycles. The largest absolute Gasteiger partial charge is 0.290 e. The summed E-state index contributed by atoms with van der Waals surface area (Å²) in [6.45, 7) is 25.9. The first-order valence-corrected chi connectivity index (χ1v) is 21.4. The van der Waals surface area contributed by atoms with Gasteiger partial charge in [-0.25, -0.2) is 0 Å². The van der Waals surface area contributed by atoms with Gasteiger partial charge >= 0.3 is 0 Å². The van der Waals surface area contributed by atoms with Crippen LogP contribution in [-0.4, -0.2) is 11.6 Å². The van der Waals surface area contributed by atoms with Crippen LogP contribution in [0.3, 0.4) is 0 Å². The van der Waals surface area contributed by atoms with Gasteiger partial charge < -0.3 is 0 Å². The van der Waals surface area contributed by atoms with Crippen molar-refractivity contribution in [3.05, 3.63) is 128 Å². The van der Waals surface area contributed by atoms with Crippen molar-refractivity contribution in [1.29, 1.82) is 0 Å². The Labute approximate surface area is 339 Å². The van der Waals surface area contributed by atoms with Crippen molar-refractivity contribution in [1.82, 2.24) is 0 Å². The minimum absolute atomic E-state index is 0.00932. The van der Waals surface area contributed by atoms with Gasteiger partial charge in [-0.2, -0.15) is 0 Å². The molecule has 0 fully saturated rings. The molecule has 55 heavy (non-hydrogen) atoms.